The summed E-state index contributed by atoms with van der Waals surface area (Å²) in [5, 5.41) is 10.1. The van der Waals surface area contributed by atoms with Crippen LogP contribution >= 0.6 is 11.3 Å². The standard InChI is InChI=1S/C15H18N4O3S/c1-3-12-17-18(9-13(20)16-5-6-22-2)14(21)11-8-10-4-7-23-15(10)19(11)12/h4,7-8H,3,5-6,9H2,1-2H3,(H,16,20). The number of methoxy groups -OCH3 is 1. The lowest BCUT2D eigenvalue weighted by Gasteiger charge is -2.10. The first-order valence-electron chi connectivity index (χ1n) is 7.40. The van der Waals surface area contributed by atoms with Crippen LogP contribution in [0.3, 0.4) is 0 Å². The van der Waals surface area contributed by atoms with Crippen LogP contribution in [-0.4, -0.2) is 40.3 Å². The van der Waals surface area contributed by atoms with Gasteiger partial charge in [-0.1, -0.05) is 6.92 Å². The van der Waals surface area contributed by atoms with Crippen molar-refractivity contribution in [3.63, 3.8) is 0 Å². The molecule has 3 heterocycles. The van der Waals surface area contributed by atoms with Crippen LogP contribution in [0.1, 0.15) is 12.7 Å². The van der Waals surface area contributed by atoms with E-state index in [9.17, 15) is 9.59 Å². The van der Waals surface area contributed by atoms with E-state index in [2.05, 4.69) is 10.4 Å². The minimum atomic E-state index is -0.257. The fourth-order valence-corrected chi connectivity index (χ4v) is 3.44. The number of fused-ring (bicyclic) bond motifs is 3. The van der Waals surface area contributed by atoms with Gasteiger partial charge in [-0.2, -0.15) is 5.10 Å². The summed E-state index contributed by atoms with van der Waals surface area (Å²) in [7, 11) is 1.57. The molecule has 8 heteroatoms. The van der Waals surface area contributed by atoms with Crippen molar-refractivity contribution in [1.82, 2.24) is 19.5 Å². The number of nitrogens with one attached hydrogen (secondary N) is 1. The molecule has 0 bridgehead atoms. The highest BCUT2D eigenvalue weighted by atomic mass is 32.1. The normalized spacial score (nSPS) is 11.4. The average Bonchev–Trinajstić information content (AvgIpc) is 3.11. The molecule has 1 amide bonds. The van der Waals surface area contributed by atoms with E-state index in [0.29, 0.717) is 25.1 Å². The van der Waals surface area contributed by atoms with Crippen LogP contribution in [-0.2, 0) is 22.5 Å². The lowest BCUT2D eigenvalue weighted by Crippen LogP contribution is -2.36. The Hall–Kier alpha value is -2.19. The van der Waals surface area contributed by atoms with Gasteiger partial charge in [0, 0.05) is 25.5 Å². The summed E-state index contributed by atoms with van der Waals surface area (Å²) < 4.78 is 8.01. The lowest BCUT2D eigenvalue weighted by atomic mass is 10.4. The predicted octanol–water partition coefficient (Wildman–Crippen LogP) is 1.04. The van der Waals surface area contributed by atoms with Gasteiger partial charge in [0.15, 0.2) is 0 Å². The zero-order valence-electron chi connectivity index (χ0n) is 13.0. The summed E-state index contributed by atoms with van der Waals surface area (Å²) in [6, 6.07) is 3.84. The highest BCUT2D eigenvalue weighted by Crippen LogP contribution is 2.24. The van der Waals surface area contributed by atoms with Gasteiger partial charge in [-0.15, -0.1) is 11.3 Å². The van der Waals surface area contributed by atoms with Gasteiger partial charge in [0.05, 0.1) is 6.61 Å². The molecule has 0 spiro atoms. The van der Waals surface area contributed by atoms with E-state index < -0.39 is 0 Å². The summed E-state index contributed by atoms with van der Waals surface area (Å²) in [6.45, 7) is 2.73. The first-order chi connectivity index (χ1) is 11.2. The summed E-state index contributed by atoms with van der Waals surface area (Å²) >= 11 is 1.58. The number of rotatable bonds is 6. The van der Waals surface area contributed by atoms with Gasteiger partial charge in [0.25, 0.3) is 5.56 Å². The van der Waals surface area contributed by atoms with Crippen molar-refractivity contribution in [2.45, 2.75) is 19.9 Å². The third kappa shape index (κ3) is 2.87. The van der Waals surface area contributed by atoms with Crippen LogP contribution in [0.2, 0.25) is 0 Å². The monoisotopic (exact) mass is 334 g/mol. The number of nitrogens with zero attached hydrogens (tertiary/aromatic N) is 3. The average molecular weight is 334 g/mol. The molecular formula is C15H18N4O3S. The molecule has 0 saturated carbocycles. The molecule has 0 fully saturated rings. The second-order valence-electron chi connectivity index (χ2n) is 5.12. The van der Waals surface area contributed by atoms with Crippen molar-refractivity contribution < 1.29 is 9.53 Å². The van der Waals surface area contributed by atoms with E-state index in [1.165, 1.54) is 4.68 Å². The van der Waals surface area contributed by atoms with Gasteiger partial charge in [-0.25, -0.2) is 4.68 Å². The van der Waals surface area contributed by atoms with Gasteiger partial charge >= 0.3 is 0 Å². The fourth-order valence-electron chi connectivity index (χ4n) is 2.52. The molecule has 0 radical (unpaired) electrons. The number of hydrogen-bond donors (Lipinski definition) is 1. The Bertz CT molecular complexity index is 909. The third-order valence-corrected chi connectivity index (χ3v) is 4.51. The molecule has 122 valence electrons. The highest BCUT2D eigenvalue weighted by molar-refractivity contribution is 7.16. The van der Waals surface area contributed by atoms with Gasteiger partial charge in [0.2, 0.25) is 5.91 Å². The van der Waals surface area contributed by atoms with Crippen LogP contribution in [0.25, 0.3) is 15.7 Å². The topological polar surface area (TPSA) is 77.6 Å². The van der Waals surface area contributed by atoms with Gasteiger partial charge in [-0.05, 0) is 17.5 Å². The van der Waals surface area contributed by atoms with Crippen molar-refractivity contribution >= 4 is 33.0 Å². The Morgan fingerprint density at radius 3 is 3.04 bits per heavy atom. The minimum absolute atomic E-state index is 0.0924. The molecule has 0 aliphatic rings. The quantitative estimate of drug-likeness (QED) is 0.683. The van der Waals surface area contributed by atoms with E-state index >= 15 is 0 Å². The van der Waals surface area contributed by atoms with E-state index in [1.54, 1.807) is 18.4 Å². The van der Waals surface area contributed by atoms with E-state index in [4.69, 9.17) is 4.74 Å². The number of hydrogen-bond acceptors (Lipinski definition) is 5. The Labute approximate surface area is 136 Å². The number of aryl methyl sites for hydroxylation is 1. The molecule has 23 heavy (non-hydrogen) atoms. The number of aromatic nitrogens is 3. The van der Waals surface area contributed by atoms with E-state index in [0.717, 1.165) is 16.0 Å². The smallest absolute Gasteiger partial charge is 0.291 e. The number of carbonyl (C=O) groups excluding carboxylic acids is 1. The summed E-state index contributed by atoms with van der Waals surface area (Å²) in [6.07, 6.45) is 0.670. The molecule has 0 atom stereocenters. The molecule has 0 aromatic carbocycles. The predicted molar refractivity (Wildman–Crippen MR) is 89.1 cm³/mol. The Morgan fingerprint density at radius 2 is 2.30 bits per heavy atom. The lowest BCUT2D eigenvalue weighted by molar-refractivity contribution is -0.122. The molecule has 3 aromatic heterocycles. The van der Waals surface area contributed by atoms with Crippen molar-refractivity contribution in [3.8, 4) is 0 Å². The fraction of sp³-hybridized carbons (Fsp3) is 0.400. The molecular weight excluding hydrogens is 316 g/mol. The number of carbonyl (C=O) groups is 1. The Morgan fingerprint density at radius 1 is 1.48 bits per heavy atom. The van der Waals surface area contributed by atoms with Gasteiger partial charge in [-0.3, -0.25) is 14.0 Å². The minimum Gasteiger partial charge on any atom is -0.383 e. The maximum absolute atomic E-state index is 12.6. The number of amides is 1. The zero-order valence-corrected chi connectivity index (χ0v) is 13.9. The summed E-state index contributed by atoms with van der Waals surface area (Å²) in [5.41, 5.74) is 0.302. The maximum Gasteiger partial charge on any atom is 0.291 e. The maximum atomic E-state index is 12.6. The molecule has 0 aliphatic carbocycles. The number of thiophene rings is 1. The molecule has 3 aromatic rings. The second kappa shape index (κ2) is 6.51. The molecule has 0 aliphatic heterocycles. The third-order valence-electron chi connectivity index (χ3n) is 3.60. The molecule has 0 saturated heterocycles. The van der Waals surface area contributed by atoms with Crippen molar-refractivity contribution in [1.29, 1.82) is 0 Å². The highest BCUT2D eigenvalue weighted by Gasteiger charge is 2.15. The molecule has 1 N–H and O–H groups in total. The first-order valence-corrected chi connectivity index (χ1v) is 8.28. The van der Waals surface area contributed by atoms with Crippen molar-refractivity contribution in [2.24, 2.45) is 0 Å². The van der Waals surface area contributed by atoms with Crippen LogP contribution in [0.4, 0.5) is 0 Å². The Kier molecular flexibility index (Phi) is 4.44. The molecule has 7 nitrogen and oxygen atoms in total. The van der Waals surface area contributed by atoms with Crippen LogP contribution in [0.15, 0.2) is 22.3 Å². The van der Waals surface area contributed by atoms with Crippen LogP contribution < -0.4 is 10.9 Å². The largest absolute Gasteiger partial charge is 0.383 e. The van der Waals surface area contributed by atoms with E-state index in [1.807, 2.05) is 28.8 Å². The summed E-state index contributed by atoms with van der Waals surface area (Å²) in [4.78, 5) is 25.5. The SMILES string of the molecule is CCc1nn(CC(=O)NCCOC)c(=O)c2cc3ccsc3n12. The van der Waals surface area contributed by atoms with Crippen LogP contribution in [0.5, 0.6) is 0 Å². The number of ether oxygens (including phenoxy) is 1. The molecule has 0 unspecified atom stereocenters. The molecule has 3 rings (SSSR count). The van der Waals surface area contributed by atoms with Crippen molar-refractivity contribution in [3.05, 3.63) is 33.7 Å². The van der Waals surface area contributed by atoms with Gasteiger partial charge < -0.3 is 10.1 Å². The summed E-state index contributed by atoms with van der Waals surface area (Å²) in [5.74, 6) is 0.512. The van der Waals surface area contributed by atoms with Crippen molar-refractivity contribution in [2.75, 3.05) is 20.3 Å². The zero-order chi connectivity index (χ0) is 16.4. The first kappa shape index (κ1) is 15.7. The van der Waals surface area contributed by atoms with Crippen LogP contribution in [0, 0.1) is 0 Å². The Balaban J connectivity index is 2.00. The van der Waals surface area contributed by atoms with E-state index in [-0.39, 0.29) is 18.0 Å². The second-order valence-corrected chi connectivity index (χ2v) is 6.02. The van der Waals surface area contributed by atoms with Gasteiger partial charge in [0.1, 0.15) is 22.7 Å².